The molecular formula is C79H99F5O17S2. The Morgan fingerprint density at radius 3 is 1.23 bits per heavy atom. The third kappa shape index (κ3) is 24.3. The van der Waals surface area contributed by atoms with Crippen LogP contribution in [0.5, 0.6) is 23.0 Å². The number of halogens is 5. The van der Waals surface area contributed by atoms with E-state index in [4.69, 9.17) is 38.3 Å². The predicted molar refractivity (Wildman–Crippen MR) is 380 cm³/mol. The van der Waals surface area contributed by atoms with Gasteiger partial charge in [0, 0.05) is 0 Å². The van der Waals surface area contributed by atoms with E-state index in [1.165, 1.54) is 33.7 Å². The lowest BCUT2D eigenvalue weighted by Gasteiger charge is -2.32. The first-order chi connectivity index (χ1) is 47.6. The fourth-order valence-electron chi connectivity index (χ4n) is 9.53. The van der Waals surface area contributed by atoms with E-state index in [0.717, 1.165) is 42.9 Å². The van der Waals surface area contributed by atoms with Crippen LogP contribution in [0.25, 0.3) is 0 Å². The van der Waals surface area contributed by atoms with Gasteiger partial charge in [-0.15, -0.1) is 0 Å². The van der Waals surface area contributed by atoms with Gasteiger partial charge in [0.05, 0.1) is 44.6 Å². The highest BCUT2D eigenvalue weighted by Crippen LogP contribution is 2.48. The van der Waals surface area contributed by atoms with Crippen molar-refractivity contribution in [1.82, 2.24) is 0 Å². The summed E-state index contributed by atoms with van der Waals surface area (Å²) < 4.78 is 137. The average Bonchev–Trinajstić information content (AvgIpc) is 1.60. The normalized spacial score (nSPS) is 17.6. The fraction of sp³-hybridized carbons (Fsp3) is 0.481. The highest BCUT2D eigenvalue weighted by Gasteiger charge is 2.66. The Morgan fingerprint density at radius 1 is 0.515 bits per heavy atom. The molecule has 6 aromatic carbocycles. The van der Waals surface area contributed by atoms with Crippen LogP contribution in [0.3, 0.4) is 0 Å². The highest BCUT2D eigenvalue weighted by molar-refractivity contribution is 7.97. The SMILES string of the molecule is CCC(C)(C)C(=O)OC(C(F)(F)F)C(F)(F)S(=O)(=O)[O-].CCC(C)(C)C(=O)OC(c1ccc(OC(C)(C)C)cc1)c1ccc(OC(C)(C)C)cc1.CCC(C)(C)C(=O)OC1C2CC3C(=O)OC1C3O2.CCC(C)(C)C(=O)Oc1ccc(O)cc1.c1ccc([S+](c2ccccc2)c2ccccc2)cc1. The van der Waals surface area contributed by atoms with Gasteiger partial charge in [-0.05, 0) is 225 Å². The van der Waals surface area contributed by atoms with Crippen molar-refractivity contribution in [1.29, 1.82) is 0 Å². The van der Waals surface area contributed by atoms with Gasteiger partial charge in [-0.1, -0.05) is 107 Å². The Hall–Kier alpha value is -8.06. The molecule has 6 aromatic rings. The first-order valence-electron chi connectivity index (χ1n) is 34.0. The minimum absolute atomic E-state index is 0.0146. The van der Waals surface area contributed by atoms with Crippen LogP contribution in [0.1, 0.15) is 174 Å². The molecule has 17 nitrogen and oxygen atoms in total. The smallest absolute Gasteiger partial charge is 0.432 e. The number of hydrogen-bond acceptors (Lipinski definition) is 17. The maximum Gasteiger partial charge on any atom is 0.432 e. The minimum atomic E-state index is -6.66. The van der Waals surface area contributed by atoms with Gasteiger partial charge < -0.3 is 47.6 Å². The van der Waals surface area contributed by atoms with E-state index < -0.39 is 73.6 Å². The summed E-state index contributed by atoms with van der Waals surface area (Å²) >= 11 is 0. The Morgan fingerprint density at radius 2 is 0.874 bits per heavy atom. The second-order valence-electron chi connectivity index (χ2n) is 29.5. The minimum Gasteiger partial charge on any atom is -0.743 e. The van der Waals surface area contributed by atoms with Crippen LogP contribution in [0.15, 0.2) is 178 Å². The Bertz CT molecular complexity index is 3680. The van der Waals surface area contributed by atoms with E-state index in [-0.39, 0.29) is 76.3 Å². The molecule has 3 fully saturated rings. The number of fused-ring (bicyclic) bond motifs is 1. The van der Waals surface area contributed by atoms with Crippen molar-refractivity contribution in [2.45, 2.75) is 231 Å². The first-order valence-corrected chi connectivity index (χ1v) is 36.6. The first kappa shape index (κ1) is 85.6. The maximum atomic E-state index is 13.0. The molecule has 0 spiro atoms. The second kappa shape index (κ2) is 35.1. The van der Waals surface area contributed by atoms with Crippen LogP contribution < -0.4 is 14.2 Å². The van der Waals surface area contributed by atoms with E-state index in [9.17, 15) is 58.9 Å². The third-order valence-corrected chi connectivity index (χ3v) is 20.5. The molecule has 2 bridgehead atoms. The number of carbonyl (C=O) groups is 5. The number of ether oxygens (including phenoxy) is 8. The van der Waals surface area contributed by atoms with Crippen molar-refractivity contribution in [3.05, 3.63) is 175 Å². The lowest BCUT2D eigenvalue weighted by Crippen LogP contribution is -2.53. The molecule has 6 atom stereocenters. The molecule has 3 heterocycles. The summed E-state index contributed by atoms with van der Waals surface area (Å²) in [6, 6.07) is 53.8. The van der Waals surface area contributed by atoms with Gasteiger partial charge in [0.15, 0.2) is 43.1 Å². The number of alkyl halides is 5. The molecule has 103 heavy (non-hydrogen) atoms. The zero-order chi connectivity index (χ0) is 77.5. The maximum absolute atomic E-state index is 13.0. The van der Waals surface area contributed by atoms with E-state index >= 15 is 0 Å². The molecule has 0 saturated carbocycles. The number of phenolic OH excluding ortho intramolecular Hbond substituents is 1. The van der Waals surface area contributed by atoms with Crippen molar-refractivity contribution < 1.29 is 102 Å². The fourth-order valence-corrected chi connectivity index (χ4v) is 12.1. The van der Waals surface area contributed by atoms with Gasteiger partial charge in [-0.25, -0.2) is 8.42 Å². The van der Waals surface area contributed by atoms with Crippen molar-refractivity contribution in [2.24, 2.45) is 27.6 Å². The average molecular weight is 1480 g/mol. The molecular weight excluding hydrogens is 1380 g/mol. The number of carbonyl (C=O) groups excluding carboxylic acids is 5. The van der Waals surface area contributed by atoms with Crippen molar-refractivity contribution >= 4 is 50.9 Å². The molecule has 6 unspecified atom stereocenters. The Kier molecular flexibility index (Phi) is 29.2. The van der Waals surface area contributed by atoms with E-state index in [1.54, 1.807) is 12.1 Å². The molecule has 0 aromatic heterocycles. The molecule has 3 saturated heterocycles. The van der Waals surface area contributed by atoms with Gasteiger partial charge in [0.2, 0.25) is 0 Å². The van der Waals surface area contributed by atoms with Gasteiger partial charge in [0.25, 0.3) is 6.10 Å². The largest absolute Gasteiger partial charge is 0.743 e. The van der Waals surface area contributed by atoms with E-state index in [2.05, 4.69) is 95.7 Å². The van der Waals surface area contributed by atoms with Crippen LogP contribution in [0, 0.1) is 27.6 Å². The second-order valence-corrected chi connectivity index (χ2v) is 33.0. The number of phenols is 1. The Balaban J connectivity index is 0.000000237. The quantitative estimate of drug-likeness (QED) is 0.0176. The monoisotopic (exact) mass is 1480 g/mol. The lowest BCUT2D eigenvalue weighted by atomic mass is 9.87. The molecule has 3 aliphatic rings. The zero-order valence-electron chi connectivity index (χ0n) is 61.9. The standard InChI is InChI=1S/C27H38O4.C18H15S.C13H18O5.C12H16O3.C9H13F5O5S/c1-10-27(8,9)24(28)29-23(19-11-15-21(16-12-19)30-25(2,3)4)20-13-17-22(18-14-20)31-26(5,6)7;1-4-10-16(11-5-1)19(17-12-6-2-7-13-17)18-14-8-3-9-15-18;1-4-13(2,3)12(15)18-9-7-5-6-8(16-7)10(9)17-11(6)14;1-4-12(2,3)11(14)15-10-7-5-9(13)6-8-10;1-4-7(2,3)6(15)19-5(8(10,11)12)9(13,14)20(16,17)18/h11-18,23H,10H2,1-9H3;1-15H;6-10H,4-5H2,1-3H3;5-8,13H,4H2,1-3H3;5H,4H2,1-3H3,(H,16,17,18)/q;+1;;;/p-1. The van der Waals surface area contributed by atoms with Gasteiger partial charge in [-0.2, -0.15) is 22.0 Å². The molecule has 1 N–H and O–H groups in total. The van der Waals surface area contributed by atoms with Gasteiger partial charge in [-0.3, -0.25) is 24.0 Å². The van der Waals surface area contributed by atoms with Gasteiger partial charge >= 0.3 is 41.3 Å². The summed E-state index contributed by atoms with van der Waals surface area (Å²) in [5.74, 6) is -0.580. The summed E-state index contributed by atoms with van der Waals surface area (Å²) in [4.78, 5) is 63.6. The van der Waals surface area contributed by atoms with E-state index in [1.807, 2.05) is 152 Å². The molecule has 0 amide bonds. The predicted octanol–water partition coefficient (Wildman–Crippen LogP) is 17.7. The summed E-state index contributed by atoms with van der Waals surface area (Å²) in [5.41, 5.74) is -1.85. The number of aromatic hydroxyl groups is 1. The summed E-state index contributed by atoms with van der Waals surface area (Å²) in [6.07, 6.45) is -9.26. The van der Waals surface area contributed by atoms with Crippen molar-refractivity contribution in [3.63, 3.8) is 0 Å². The number of hydrogen-bond donors (Lipinski definition) is 1. The van der Waals surface area contributed by atoms with Crippen LogP contribution in [-0.2, 0) is 68.7 Å². The van der Waals surface area contributed by atoms with Crippen molar-refractivity contribution in [3.8, 4) is 23.0 Å². The van der Waals surface area contributed by atoms with Crippen LogP contribution in [0.2, 0.25) is 0 Å². The topological polar surface area (TPSA) is 237 Å². The molecule has 24 heteroatoms. The molecule has 3 aliphatic heterocycles. The highest BCUT2D eigenvalue weighted by atomic mass is 32.2. The van der Waals surface area contributed by atoms with Gasteiger partial charge in [0.1, 0.15) is 40.3 Å². The molecule has 564 valence electrons. The van der Waals surface area contributed by atoms with E-state index in [0.29, 0.717) is 25.0 Å². The Labute approximate surface area is 605 Å². The number of benzene rings is 6. The van der Waals surface area contributed by atoms with Crippen LogP contribution in [-0.4, -0.2) is 101 Å². The summed E-state index contributed by atoms with van der Waals surface area (Å²) in [5, 5.41) is 3.24. The molecule has 0 aliphatic carbocycles. The molecule has 0 radical (unpaired) electrons. The summed E-state index contributed by atoms with van der Waals surface area (Å²) in [7, 11) is -6.68. The summed E-state index contributed by atoms with van der Waals surface area (Å²) in [6.45, 7) is 32.8. The van der Waals surface area contributed by atoms with Crippen LogP contribution in [0.4, 0.5) is 22.0 Å². The lowest BCUT2D eigenvalue weighted by molar-refractivity contribution is -0.262. The molecule has 9 rings (SSSR count). The van der Waals surface area contributed by atoms with Crippen LogP contribution >= 0.6 is 0 Å². The number of esters is 5. The number of rotatable bonds is 21. The third-order valence-electron chi connectivity index (χ3n) is 17.4. The zero-order valence-corrected chi connectivity index (χ0v) is 63.5. The van der Waals surface area contributed by atoms with Crippen molar-refractivity contribution in [2.75, 3.05) is 0 Å².